The number of piperazine rings is 1. The SMILES string of the molecule is Cl.Cl.Cl.O=C(ONC1CC1)c1cccc2sc(-c3nc(NCCCN4CCNCC4)ncc3F)cc12. The van der Waals surface area contributed by atoms with Crippen LogP contribution >= 0.6 is 48.6 Å². The number of hydrogen-bond donors (Lipinski definition) is 3. The molecule has 3 heterocycles. The Morgan fingerprint density at radius 1 is 1.22 bits per heavy atom. The van der Waals surface area contributed by atoms with Crippen molar-refractivity contribution in [1.82, 2.24) is 25.7 Å². The number of benzene rings is 1. The second kappa shape index (κ2) is 14.2. The van der Waals surface area contributed by atoms with Crippen LogP contribution in [0, 0.1) is 5.82 Å². The van der Waals surface area contributed by atoms with Gasteiger partial charge in [-0.1, -0.05) is 6.07 Å². The number of hydrogen-bond acceptors (Lipinski definition) is 9. The van der Waals surface area contributed by atoms with Gasteiger partial charge >= 0.3 is 5.97 Å². The first kappa shape index (κ1) is 30.4. The average molecular weight is 580 g/mol. The summed E-state index contributed by atoms with van der Waals surface area (Å²) in [4.78, 5) is 29.3. The lowest BCUT2D eigenvalue weighted by Gasteiger charge is -2.27. The van der Waals surface area contributed by atoms with E-state index in [-0.39, 0.29) is 49.0 Å². The van der Waals surface area contributed by atoms with Crippen LogP contribution in [0.1, 0.15) is 29.6 Å². The Labute approximate surface area is 232 Å². The molecule has 1 aliphatic heterocycles. The van der Waals surface area contributed by atoms with Gasteiger partial charge in [-0.15, -0.1) is 54.0 Å². The lowest BCUT2D eigenvalue weighted by molar-refractivity contribution is 0.0238. The van der Waals surface area contributed by atoms with Crippen molar-refractivity contribution < 1.29 is 14.0 Å². The van der Waals surface area contributed by atoms with Crippen LogP contribution in [0.5, 0.6) is 0 Å². The third kappa shape index (κ3) is 7.61. The standard InChI is InChI=1S/C23H27FN6O2S.3ClH/c24-18-14-27-23(26-7-2-10-30-11-8-25-9-12-30)28-21(18)20-13-17-16(3-1-4-19(17)33-20)22(31)32-29-15-5-6-15;;;/h1,3-4,13-15,25,29H,2,5-12H2,(H,26,27,28);3*1H. The summed E-state index contributed by atoms with van der Waals surface area (Å²) in [5.74, 6) is -0.531. The van der Waals surface area contributed by atoms with E-state index in [2.05, 4.69) is 31.0 Å². The summed E-state index contributed by atoms with van der Waals surface area (Å²) in [5.41, 5.74) is 3.45. The molecule has 5 rings (SSSR count). The van der Waals surface area contributed by atoms with E-state index in [1.165, 1.54) is 17.5 Å². The van der Waals surface area contributed by atoms with Crippen LogP contribution in [0.2, 0.25) is 0 Å². The monoisotopic (exact) mass is 578 g/mol. The zero-order valence-electron chi connectivity index (χ0n) is 19.5. The molecule has 1 saturated heterocycles. The minimum Gasteiger partial charge on any atom is -0.366 e. The maximum Gasteiger partial charge on any atom is 0.357 e. The van der Waals surface area contributed by atoms with Gasteiger partial charge in [0.1, 0.15) is 5.69 Å². The van der Waals surface area contributed by atoms with Crippen LogP contribution in [0.15, 0.2) is 30.5 Å². The van der Waals surface area contributed by atoms with Crippen LogP contribution in [-0.2, 0) is 4.84 Å². The molecule has 2 aliphatic rings. The number of rotatable bonds is 9. The van der Waals surface area contributed by atoms with Crippen molar-refractivity contribution in [3.63, 3.8) is 0 Å². The highest BCUT2D eigenvalue weighted by molar-refractivity contribution is 7.22. The van der Waals surface area contributed by atoms with Crippen molar-refractivity contribution >= 4 is 70.6 Å². The Morgan fingerprint density at radius 3 is 2.75 bits per heavy atom. The normalized spacial score (nSPS) is 15.4. The molecule has 2 fully saturated rings. The largest absolute Gasteiger partial charge is 0.366 e. The molecule has 1 aliphatic carbocycles. The van der Waals surface area contributed by atoms with Crippen molar-refractivity contribution in [3.05, 3.63) is 41.8 Å². The first-order valence-corrected chi connectivity index (χ1v) is 12.2. The topological polar surface area (TPSA) is 91.4 Å². The summed E-state index contributed by atoms with van der Waals surface area (Å²) < 4.78 is 15.5. The molecule has 0 spiro atoms. The first-order valence-electron chi connectivity index (χ1n) is 11.4. The van der Waals surface area contributed by atoms with Gasteiger partial charge in [-0.3, -0.25) is 0 Å². The minimum absolute atomic E-state index is 0. The minimum atomic E-state index is -0.493. The van der Waals surface area contributed by atoms with Crippen LogP contribution in [0.4, 0.5) is 10.3 Å². The molecule has 8 nitrogen and oxygen atoms in total. The highest BCUT2D eigenvalue weighted by atomic mass is 35.5. The molecule has 3 aromatic rings. The van der Waals surface area contributed by atoms with Crippen molar-refractivity contribution in [3.8, 4) is 10.6 Å². The molecule has 0 radical (unpaired) electrons. The van der Waals surface area contributed by atoms with E-state index in [0.29, 0.717) is 22.9 Å². The maximum absolute atomic E-state index is 14.6. The third-order valence-corrected chi connectivity index (χ3v) is 6.91. The molecule has 2 aromatic heterocycles. The molecule has 13 heteroatoms. The molecule has 0 bridgehead atoms. The van der Waals surface area contributed by atoms with Gasteiger partial charge in [0.25, 0.3) is 0 Å². The second-order valence-corrected chi connectivity index (χ2v) is 9.46. The summed E-state index contributed by atoms with van der Waals surface area (Å²) >= 11 is 1.39. The Hall–Kier alpha value is -1.79. The number of carbonyl (C=O) groups excluding carboxylic acids is 1. The van der Waals surface area contributed by atoms with Gasteiger partial charge in [-0.05, 0) is 44.0 Å². The molecule has 198 valence electrons. The van der Waals surface area contributed by atoms with Crippen molar-refractivity contribution in [1.29, 1.82) is 0 Å². The summed E-state index contributed by atoms with van der Waals surface area (Å²) in [7, 11) is 0. The number of anilines is 1. The van der Waals surface area contributed by atoms with Gasteiger partial charge in [-0.25, -0.2) is 19.2 Å². The highest BCUT2D eigenvalue weighted by Crippen LogP contribution is 2.36. The van der Waals surface area contributed by atoms with Gasteiger partial charge in [0, 0.05) is 48.9 Å². The van der Waals surface area contributed by atoms with Gasteiger partial charge in [0.05, 0.1) is 16.6 Å². The summed E-state index contributed by atoms with van der Waals surface area (Å²) in [5, 5.41) is 7.28. The Balaban J connectivity index is 0.00000152. The van der Waals surface area contributed by atoms with Crippen LogP contribution in [0.25, 0.3) is 20.7 Å². The Bertz CT molecular complexity index is 1140. The molecule has 0 unspecified atom stereocenters. The van der Waals surface area contributed by atoms with E-state index in [0.717, 1.165) is 62.1 Å². The molecular weight excluding hydrogens is 550 g/mol. The van der Waals surface area contributed by atoms with Crippen molar-refractivity contribution in [2.24, 2.45) is 0 Å². The lowest BCUT2D eigenvalue weighted by Crippen LogP contribution is -2.44. The number of fused-ring (bicyclic) bond motifs is 1. The Kier molecular flexibility index (Phi) is 12.0. The van der Waals surface area contributed by atoms with E-state index in [4.69, 9.17) is 4.84 Å². The van der Waals surface area contributed by atoms with E-state index in [1.807, 2.05) is 6.07 Å². The van der Waals surface area contributed by atoms with E-state index in [9.17, 15) is 9.18 Å². The fourth-order valence-electron chi connectivity index (χ4n) is 3.81. The average Bonchev–Trinajstić information content (AvgIpc) is 3.57. The first-order chi connectivity index (χ1) is 16.2. The zero-order chi connectivity index (χ0) is 22.6. The third-order valence-electron chi connectivity index (χ3n) is 5.80. The maximum atomic E-state index is 14.6. The van der Waals surface area contributed by atoms with E-state index >= 15 is 0 Å². The van der Waals surface area contributed by atoms with Crippen LogP contribution in [-0.4, -0.2) is 66.1 Å². The molecular formula is C23H30Cl3FN6O2S. The smallest absolute Gasteiger partial charge is 0.357 e. The van der Waals surface area contributed by atoms with Crippen LogP contribution in [0.3, 0.4) is 0 Å². The van der Waals surface area contributed by atoms with Crippen molar-refractivity contribution in [2.45, 2.75) is 25.3 Å². The highest BCUT2D eigenvalue weighted by Gasteiger charge is 2.24. The van der Waals surface area contributed by atoms with Crippen molar-refractivity contribution in [2.75, 3.05) is 44.6 Å². The van der Waals surface area contributed by atoms with E-state index in [1.54, 1.807) is 18.2 Å². The van der Waals surface area contributed by atoms with Gasteiger partial charge < -0.3 is 20.4 Å². The molecule has 1 saturated carbocycles. The quantitative estimate of drug-likeness (QED) is 0.255. The molecule has 1 aromatic carbocycles. The van der Waals surface area contributed by atoms with Crippen LogP contribution < -0.4 is 16.1 Å². The number of nitrogens with zero attached hydrogens (tertiary/aromatic N) is 3. The number of hydroxylamine groups is 1. The molecule has 3 N–H and O–H groups in total. The predicted molar refractivity (Wildman–Crippen MR) is 149 cm³/mol. The fraction of sp³-hybridized carbons (Fsp3) is 0.435. The summed E-state index contributed by atoms with van der Waals surface area (Å²) in [6, 6.07) is 7.48. The molecule has 0 atom stereocenters. The number of thiophene rings is 1. The number of nitrogens with one attached hydrogen (secondary N) is 3. The van der Waals surface area contributed by atoms with Gasteiger partial charge in [0.2, 0.25) is 5.95 Å². The molecule has 0 amide bonds. The predicted octanol–water partition coefficient (Wildman–Crippen LogP) is 4.29. The summed E-state index contributed by atoms with van der Waals surface area (Å²) in [6.45, 7) is 5.91. The fourth-order valence-corrected chi connectivity index (χ4v) is 4.89. The van der Waals surface area contributed by atoms with Gasteiger partial charge in [0.15, 0.2) is 5.82 Å². The summed E-state index contributed by atoms with van der Waals surface area (Å²) in [6.07, 6.45) is 4.18. The molecule has 36 heavy (non-hydrogen) atoms. The van der Waals surface area contributed by atoms with Gasteiger partial charge in [-0.2, -0.15) is 0 Å². The zero-order valence-corrected chi connectivity index (χ0v) is 22.8. The number of halogens is 4. The number of aromatic nitrogens is 2. The number of carbonyl (C=O) groups is 1. The second-order valence-electron chi connectivity index (χ2n) is 8.37. The Morgan fingerprint density at radius 2 is 2.00 bits per heavy atom. The van der Waals surface area contributed by atoms with E-state index < -0.39 is 11.8 Å². The lowest BCUT2D eigenvalue weighted by atomic mass is 10.1.